The molecule has 5 nitrogen and oxygen atoms in total. The number of benzene rings is 2. The molecule has 0 spiro atoms. The number of hydrogen-bond acceptors (Lipinski definition) is 4. The number of aryl methyl sites for hydroxylation is 1. The lowest BCUT2D eigenvalue weighted by Gasteiger charge is -2.17. The van der Waals surface area contributed by atoms with E-state index in [1.807, 2.05) is 67.6 Å². The maximum atomic E-state index is 12.7. The highest BCUT2D eigenvalue weighted by Gasteiger charge is 2.18. The van der Waals surface area contributed by atoms with Crippen LogP contribution in [0.2, 0.25) is 0 Å². The van der Waals surface area contributed by atoms with Gasteiger partial charge in [-0.15, -0.1) is 0 Å². The number of carbonyl (C=O) groups is 1. The summed E-state index contributed by atoms with van der Waals surface area (Å²) in [6.07, 6.45) is 3.89. The van der Waals surface area contributed by atoms with Crippen molar-refractivity contribution in [3.05, 3.63) is 88.9 Å². The lowest BCUT2D eigenvalue weighted by Crippen LogP contribution is -2.25. The number of nitrogens with one attached hydrogen (secondary N) is 3. The van der Waals surface area contributed by atoms with Gasteiger partial charge in [-0.2, -0.15) is 0 Å². The minimum Gasteiger partial charge on any atom is -0.343 e. The van der Waals surface area contributed by atoms with Crippen LogP contribution >= 0.6 is 0 Å². The van der Waals surface area contributed by atoms with Gasteiger partial charge in [0.25, 0.3) is 5.91 Å². The maximum absolute atomic E-state index is 12.7. The molecule has 0 unspecified atom stereocenters. The van der Waals surface area contributed by atoms with E-state index in [0.717, 1.165) is 29.6 Å². The summed E-state index contributed by atoms with van der Waals surface area (Å²) >= 11 is 0. The number of rotatable bonds is 5. The molecule has 3 N–H and O–H groups in total. The van der Waals surface area contributed by atoms with E-state index in [-0.39, 0.29) is 11.5 Å². The molecular formula is C22H22N4O. The number of allylic oxidation sites excluding steroid dienone is 2. The van der Waals surface area contributed by atoms with E-state index in [1.165, 1.54) is 5.56 Å². The summed E-state index contributed by atoms with van der Waals surface area (Å²) in [5, 5.41) is 13.6. The zero-order valence-electron chi connectivity index (χ0n) is 15.4. The highest BCUT2D eigenvalue weighted by atomic mass is 16.1. The number of hydrogen-bond donors (Lipinski definition) is 3. The summed E-state index contributed by atoms with van der Waals surface area (Å²) in [5.74, 6) is -0.00542. The topological polar surface area (TPSA) is 77.3 Å². The molecule has 2 aromatic rings. The largest absolute Gasteiger partial charge is 0.343 e. The predicted octanol–water partition coefficient (Wildman–Crippen LogP) is 4.04. The first kappa shape index (κ1) is 18.3. The molecular weight excluding hydrogens is 336 g/mol. The first-order valence-corrected chi connectivity index (χ1v) is 8.85. The predicted molar refractivity (Wildman–Crippen MR) is 110 cm³/mol. The van der Waals surface area contributed by atoms with E-state index in [1.54, 1.807) is 0 Å². The molecule has 27 heavy (non-hydrogen) atoms. The Bertz CT molecular complexity index is 938. The number of amides is 1. The second-order valence-corrected chi connectivity index (χ2v) is 6.23. The lowest BCUT2D eigenvalue weighted by atomic mass is 10.1. The number of anilines is 1. The van der Waals surface area contributed by atoms with Gasteiger partial charge >= 0.3 is 0 Å². The molecule has 0 aromatic heterocycles. The fourth-order valence-corrected chi connectivity index (χ4v) is 2.76. The molecule has 0 saturated heterocycles. The fraction of sp³-hybridized carbons (Fsp3) is 0.136. The molecule has 136 valence electrons. The van der Waals surface area contributed by atoms with Crippen molar-refractivity contribution in [2.45, 2.75) is 20.3 Å². The summed E-state index contributed by atoms with van der Waals surface area (Å²) in [7, 11) is 0. The van der Waals surface area contributed by atoms with Crippen molar-refractivity contribution in [1.82, 2.24) is 5.32 Å². The van der Waals surface area contributed by atoms with E-state index < -0.39 is 0 Å². The van der Waals surface area contributed by atoms with Crippen molar-refractivity contribution in [3.8, 4) is 0 Å². The molecule has 0 bridgehead atoms. The van der Waals surface area contributed by atoms with Crippen LogP contribution in [0.1, 0.15) is 25.0 Å². The Morgan fingerprint density at radius 2 is 1.85 bits per heavy atom. The number of aliphatic imine (C=N–C) groups is 1. The van der Waals surface area contributed by atoms with Crippen molar-refractivity contribution in [2.75, 3.05) is 5.32 Å². The minimum absolute atomic E-state index is 0.176. The van der Waals surface area contributed by atoms with Gasteiger partial charge in [0.2, 0.25) is 0 Å². The quantitative estimate of drug-likeness (QED) is 0.557. The maximum Gasteiger partial charge on any atom is 0.260 e. The van der Waals surface area contributed by atoms with Gasteiger partial charge < -0.3 is 16.0 Å². The first-order valence-electron chi connectivity index (χ1n) is 8.85. The van der Waals surface area contributed by atoms with Crippen LogP contribution in [0.3, 0.4) is 0 Å². The van der Waals surface area contributed by atoms with E-state index in [9.17, 15) is 4.79 Å². The van der Waals surface area contributed by atoms with Gasteiger partial charge in [0.15, 0.2) is 0 Å². The van der Waals surface area contributed by atoms with E-state index >= 15 is 0 Å². The molecule has 0 atom stereocenters. The van der Waals surface area contributed by atoms with E-state index in [2.05, 4.69) is 22.5 Å². The Morgan fingerprint density at radius 3 is 2.48 bits per heavy atom. The van der Waals surface area contributed by atoms with Gasteiger partial charge in [-0.05, 0) is 37.1 Å². The summed E-state index contributed by atoms with van der Waals surface area (Å²) in [6, 6.07) is 17.4. The van der Waals surface area contributed by atoms with Crippen LogP contribution in [0.25, 0.3) is 0 Å². The summed E-state index contributed by atoms with van der Waals surface area (Å²) in [5.41, 5.74) is 4.63. The van der Waals surface area contributed by atoms with Crippen molar-refractivity contribution >= 4 is 23.5 Å². The summed E-state index contributed by atoms with van der Waals surface area (Å²) in [4.78, 5) is 17.3. The zero-order chi connectivity index (χ0) is 19.2. The standard InChI is InChI=1S/C22H22N4O/c1-3-16-9-11-18(12-10-16)25-22(27)19(14-23)21-24-15(2)13-20(26-21)17-7-5-4-6-8-17/h4-14,23-24H,3H2,1-2H3,(H,25,27)/b21-19-,23-14?. The molecule has 1 aliphatic heterocycles. The number of nitrogens with zero attached hydrogens (tertiary/aromatic N) is 1. The first-order chi connectivity index (χ1) is 13.1. The van der Waals surface area contributed by atoms with Gasteiger partial charge in [-0.1, -0.05) is 49.4 Å². The monoisotopic (exact) mass is 358 g/mol. The van der Waals surface area contributed by atoms with Gasteiger partial charge in [0, 0.05) is 23.2 Å². The number of carbonyl (C=O) groups excluding carboxylic acids is 1. The second kappa shape index (κ2) is 8.27. The highest BCUT2D eigenvalue weighted by molar-refractivity contribution is 6.18. The van der Waals surface area contributed by atoms with Crippen LogP contribution in [0, 0.1) is 5.41 Å². The molecule has 1 amide bonds. The van der Waals surface area contributed by atoms with E-state index in [0.29, 0.717) is 11.5 Å². The summed E-state index contributed by atoms with van der Waals surface area (Å²) < 4.78 is 0. The lowest BCUT2D eigenvalue weighted by molar-refractivity contribution is -0.112. The second-order valence-electron chi connectivity index (χ2n) is 6.23. The average molecular weight is 358 g/mol. The van der Waals surface area contributed by atoms with Crippen molar-refractivity contribution < 1.29 is 4.79 Å². The van der Waals surface area contributed by atoms with E-state index in [4.69, 9.17) is 5.41 Å². The molecule has 1 aliphatic rings. The normalized spacial score (nSPS) is 15.2. The van der Waals surface area contributed by atoms with Crippen LogP contribution < -0.4 is 10.6 Å². The van der Waals surface area contributed by atoms with Crippen LogP contribution in [-0.2, 0) is 11.2 Å². The van der Waals surface area contributed by atoms with Crippen molar-refractivity contribution in [3.63, 3.8) is 0 Å². The Labute approximate surface area is 159 Å². The Morgan fingerprint density at radius 1 is 1.15 bits per heavy atom. The van der Waals surface area contributed by atoms with Crippen molar-refractivity contribution in [2.24, 2.45) is 4.99 Å². The molecule has 0 saturated carbocycles. The third kappa shape index (κ3) is 4.39. The third-order valence-corrected chi connectivity index (χ3v) is 4.23. The molecule has 0 fully saturated rings. The van der Waals surface area contributed by atoms with Gasteiger partial charge in [0.1, 0.15) is 5.82 Å². The summed E-state index contributed by atoms with van der Waals surface area (Å²) in [6.45, 7) is 3.98. The van der Waals surface area contributed by atoms with Gasteiger partial charge in [0.05, 0.1) is 11.3 Å². The molecule has 1 heterocycles. The Hall–Kier alpha value is -3.47. The zero-order valence-corrected chi connectivity index (χ0v) is 15.4. The average Bonchev–Trinajstić information content (AvgIpc) is 2.69. The molecule has 5 heteroatoms. The smallest absolute Gasteiger partial charge is 0.260 e. The van der Waals surface area contributed by atoms with Crippen molar-refractivity contribution in [1.29, 1.82) is 5.41 Å². The molecule has 2 aromatic carbocycles. The molecule has 0 radical (unpaired) electrons. The van der Waals surface area contributed by atoms with Crippen LogP contribution in [0.15, 0.2) is 82.8 Å². The fourth-order valence-electron chi connectivity index (χ4n) is 2.76. The minimum atomic E-state index is -0.373. The Kier molecular flexibility index (Phi) is 5.61. The van der Waals surface area contributed by atoms with Crippen LogP contribution in [-0.4, -0.2) is 17.8 Å². The Balaban J connectivity index is 1.90. The van der Waals surface area contributed by atoms with Crippen LogP contribution in [0.4, 0.5) is 5.69 Å². The molecule has 0 aliphatic carbocycles. The molecule has 3 rings (SSSR count). The van der Waals surface area contributed by atoms with Gasteiger partial charge in [-0.25, -0.2) is 4.99 Å². The van der Waals surface area contributed by atoms with Gasteiger partial charge in [-0.3, -0.25) is 4.79 Å². The van der Waals surface area contributed by atoms with Crippen LogP contribution in [0.5, 0.6) is 0 Å². The highest BCUT2D eigenvalue weighted by Crippen LogP contribution is 2.17. The third-order valence-electron chi connectivity index (χ3n) is 4.23. The SMILES string of the molecule is CCc1ccc(NC(=O)/C(C=N)=C2\N=C(c3ccccc3)C=C(C)N2)cc1.